The van der Waals surface area contributed by atoms with E-state index in [0.717, 1.165) is 11.1 Å². The van der Waals surface area contributed by atoms with Gasteiger partial charge in [-0.2, -0.15) is 0 Å². The number of allylic oxidation sites excluding steroid dienone is 4. The van der Waals surface area contributed by atoms with Crippen LogP contribution in [0.1, 0.15) is 60.8 Å². The van der Waals surface area contributed by atoms with Gasteiger partial charge < -0.3 is 15.3 Å². The molecule has 144 valence electrons. The van der Waals surface area contributed by atoms with Gasteiger partial charge in [0.15, 0.2) is 11.6 Å². The molecule has 27 heavy (non-hydrogen) atoms. The third-order valence-corrected chi connectivity index (χ3v) is 4.17. The van der Waals surface area contributed by atoms with Crippen molar-refractivity contribution in [3.63, 3.8) is 0 Å². The molecule has 5 nitrogen and oxygen atoms in total. The van der Waals surface area contributed by atoms with Crippen LogP contribution >= 0.6 is 0 Å². The molecule has 0 fully saturated rings. The first-order chi connectivity index (χ1) is 11.9. The number of carbonyl (C=O) groups is 2. The predicted molar refractivity (Wildman–Crippen MR) is 99.2 cm³/mol. The monoisotopic (exact) mass is 384 g/mol. The molecule has 1 unspecified atom stereocenters. The molecular weight excluding hydrogens is 355 g/mol. The van der Waals surface area contributed by atoms with Gasteiger partial charge in [-0.15, -0.1) is 0 Å². The molecule has 0 radical (unpaired) electrons. The second kappa shape index (κ2) is 10.4. The van der Waals surface area contributed by atoms with E-state index >= 15 is 0 Å². The molecule has 1 atom stereocenters. The second-order valence-corrected chi connectivity index (χ2v) is 7.71. The Kier molecular flexibility index (Phi) is 9.98. The molecule has 0 saturated heterocycles. The van der Waals surface area contributed by atoms with Crippen molar-refractivity contribution in [1.29, 1.82) is 0 Å². The Morgan fingerprint density at radius 1 is 1.15 bits per heavy atom. The molecule has 0 heterocycles. The van der Waals surface area contributed by atoms with Gasteiger partial charge in [-0.1, -0.05) is 42.9 Å². The molecule has 0 bridgehead atoms. The Hall–Kier alpha value is -1.14. The number of hydrogen-bond acceptors (Lipinski definition) is 5. The summed E-state index contributed by atoms with van der Waals surface area (Å²) in [6.45, 7) is 10.9. The summed E-state index contributed by atoms with van der Waals surface area (Å²) < 4.78 is 0. The van der Waals surface area contributed by atoms with Gasteiger partial charge in [0, 0.05) is 18.4 Å². The van der Waals surface area contributed by atoms with Crippen molar-refractivity contribution in [1.82, 2.24) is 0 Å². The summed E-state index contributed by atoms with van der Waals surface area (Å²) in [5, 5.41) is 34.2. The van der Waals surface area contributed by atoms with Crippen molar-refractivity contribution < 1.29 is 54.5 Å². The van der Waals surface area contributed by atoms with Gasteiger partial charge in [0.1, 0.15) is 11.4 Å². The third kappa shape index (κ3) is 6.18. The molecule has 0 aliphatic heterocycles. The van der Waals surface area contributed by atoms with Gasteiger partial charge in [-0.3, -0.25) is 9.59 Å². The van der Waals surface area contributed by atoms with Crippen LogP contribution in [-0.4, -0.2) is 27.4 Å². The van der Waals surface area contributed by atoms with Crippen molar-refractivity contribution in [2.24, 2.45) is 5.92 Å². The molecule has 6 heteroatoms. The molecule has 0 spiro atoms. The number of Topliss-reactive ketones (excluding diaryl/α,β-unsaturated/α-hetero) is 2. The van der Waals surface area contributed by atoms with E-state index in [1.54, 1.807) is 26.0 Å². The molecule has 1 aliphatic rings. The zero-order chi connectivity index (χ0) is 20.2. The molecule has 0 aromatic carbocycles. The fraction of sp³-hybridized carbons (Fsp3) is 0.524. The summed E-state index contributed by atoms with van der Waals surface area (Å²) in [5.74, 6) is -3.02. The summed E-state index contributed by atoms with van der Waals surface area (Å²) in [4.78, 5) is 25.4. The van der Waals surface area contributed by atoms with Crippen LogP contribution in [0.4, 0.5) is 0 Å². The van der Waals surface area contributed by atoms with E-state index in [4.69, 9.17) is 0 Å². The first-order valence-electron chi connectivity index (χ1n) is 8.83. The first kappa shape index (κ1) is 25.9. The van der Waals surface area contributed by atoms with Crippen LogP contribution in [0.2, 0.25) is 0 Å². The third-order valence-electron chi connectivity index (χ3n) is 4.17. The molecule has 1 aliphatic carbocycles. The van der Waals surface area contributed by atoms with Crippen molar-refractivity contribution >= 4 is 11.6 Å². The van der Waals surface area contributed by atoms with Crippen molar-refractivity contribution in [3.05, 3.63) is 46.0 Å². The molecule has 0 amide bonds. The number of rotatable bonds is 7. The molecule has 2 N–H and O–H groups in total. The Labute approximate surface area is 183 Å². The van der Waals surface area contributed by atoms with Gasteiger partial charge >= 0.3 is 29.6 Å². The fourth-order valence-corrected chi connectivity index (χ4v) is 2.69. The second-order valence-electron chi connectivity index (χ2n) is 7.71. The van der Waals surface area contributed by atoms with Crippen LogP contribution in [0.15, 0.2) is 46.0 Å². The van der Waals surface area contributed by atoms with E-state index in [1.807, 2.05) is 27.7 Å². The minimum Gasteiger partial charge on any atom is -0.873 e. The van der Waals surface area contributed by atoms with Crippen LogP contribution in [0, 0.1) is 5.92 Å². The number of hydrogen-bond donors (Lipinski definition) is 2. The molecular formula is C21H29NaO5. The van der Waals surface area contributed by atoms with E-state index in [0.29, 0.717) is 0 Å². The van der Waals surface area contributed by atoms with Crippen molar-refractivity contribution in [2.45, 2.75) is 66.4 Å². The maximum absolute atomic E-state index is 12.8. The van der Waals surface area contributed by atoms with Gasteiger partial charge in [0.25, 0.3) is 0 Å². The maximum Gasteiger partial charge on any atom is 1.00 e. The molecule has 0 saturated carbocycles. The molecule has 0 aromatic rings. The maximum atomic E-state index is 12.8. The van der Waals surface area contributed by atoms with Crippen molar-refractivity contribution in [2.75, 3.05) is 0 Å². The van der Waals surface area contributed by atoms with Gasteiger partial charge in [0.05, 0.1) is 5.57 Å². The standard InChI is InChI=1S/C21H30O5.Na/c1-12(2)7-8-15-18(23)17(16(22)11-14(5)6)20(25)21(26,19(15)24)10-9-13(3)4;/h7,9,14,23,25-26H,8,10-11H2,1-6H3;/q;+1/p-1. The average molecular weight is 384 g/mol. The summed E-state index contributed by atoms with van der Waals surface area (Å²) in [7, 11) is 0. The predicted octanol–water partition coefficient (Wildman–Crippen LogP) is 0.0585. The van der Waals surface area contributed by atoms with Gasteiger partial charge in [-0.05, 0) is 40.0 Å². The number of carbonyl (C=O) groups excluding carboxylic acids is 2. The smallest absolute Gasteiger partial charge is 0.873 e. The first-order valence-corrected chi connectivity index (χ1v) is 8.83. The minimum absolute atomic E-state index is 0. The molecule has 1 rings (SSSR count). The minimum atomic E-state index is -2.35. The summed E-state index contributed by atoms with van der Waals surface area (Å²) in [6.07, 6.45) is 3.17. The number of ketones is 2. The van der Waals surface area contributed by atoms with E-state index in [2.05, 4.69) is 0 Å². The Morgan fingerprint density at radius 2 is 1.67 bits per heavy atom. The zero-order valence-electron chi connectivity index (χ0n) is 17.5. The quantitative estimate of drug-likeness (QED) is 0.478. The van der Waals surface area contributed by atoms with E-state index in [-0.39, 0.29) is 60.3 Å². The van der Waals surface area contributed by atoms with Gasteiger partial charge in [0.2, 0.25) is 0 Å². The summed E-state index contributed by atoms with van der Waals surface area (Å²) in [5.41, 5.74) is -1.16. The SMILES string of the molecule is CC(C)=CCC1=C(O)C(C(=O)CC(C)C)=C([O-])C(O)(CC=C(C)C)C1=O.[Na+]. The van der Waals surface area contributed by atoms with E-state index in [9.17, 15) is 24.9 Å². The fourth-order valence-electron chi connectivity index (χ4n) is 2.69. The van der Waals surface area contributed by atoms with Crippen LogP contribution in [0.5, 0.6) is 0 Å². The number of aliphatic hydroxyl groups excluding tert-OH is 1. The van der Waals surface area contributed by atoms with Crippen LogP contribution in [0.3, 0.4) is 0 Å². The van der Waals surface area contributed by atoms with E-state index in [1.165, 1.54) is 0 Å². The van der Waals surface area contributed by atoms with E-state index < -0.39 is 34.3 Å². The Balaban J connectivity index is 0.00000676. The summed E-state index contributed by atoms with van der Waals surface area (Å²) >= 11 is 0. The Morgan fingerprint density at radius 3 is 2.11 bits per heavy atom. The van der Waals surface area contributed by atoms with Crippen molar-refractivity contribution in [3.8, 4) is 0 Å². The Bertz CT molecular complexity index is 717. The van der Waals surface area contributed by atoms with Crippen LogP contribution in [0.25, 0.3) is 0 Å². The normalized spacial score (nSPS) is 19.8. The summed E-state index contributed by atoms with van der Waals surface area (Å²) in [6, 6.07) is 0. The van der Waals surface area contributed by atoms with Crippen LogP contribution < -0.4 is 34.7 Å². The average Bonchev–Trinajstić information content (AvgIpc) is 2.50. The molecule has 0 aromatic heterocycles. The zero-order valence-corrected chi connectivity index (χ0v) is 19.5. The topological polar surface area (TPSA) is 97.7 Å². The van der Waals surface area contributed by atoms with Crippen LogP contribution in [-0.2, 0) is 9.59 Å². The largest absolute Gasteiger partial charge is 1.00 e. The number of aliphatic hydroxyl groups is 2. The van der Waals surface area contributed by atoms with Gasteiger partial charge in [-0.25, -0.2) is 0 Å².